The summed E-state index contributed by atoms with van der Waals surface area (Å²) < 4.78 is 0. The fourth-order valence-corrected chi connectivity index (χ4v) is 2.84. The molecular formula is C18H17N3OS. The first kappa shape index (κ1) is 15.2. The molecule has 0 bridgehead atoms. The number of benzene rings is 2. The average Bonchev–Trinajstić information content (AvgIpc) is 3.03. The van der Waals surface area contributed by atoms with Crippen LogP contribution in [0.3, 0.4) is 0 Å². The minimum atomic E-state index is -0.125. The highest BCUT2D eigenvalue weighted by Gasteiger charge is 2.09. The first-order valence-electron chi connectivity index (χ1n) is 7.27. The maximum atomic E-state index is 12.5. The number of amides is 1. The highest BCUT2D eigenvalue weighted by atomic mass is 32.1. The molecule has 0 aliphatic carbocycles. The SMILES string of the molecule is Cc1ccc(NC(=O)c2cccc(Nc3nccs3)c2)c(C)c1. The number of aromatic nitrogens is 1. The summed E-state index contributed by atoms with van der Waals surface area (Å²) >= 11 is 1.52. The molecule has 1 heterocycles. The molecule has 0 aliphatic rings. The predicted octanol–water partition coefficient (Wildman–Crippen LogP) is 4.76. The van der Waals surface area contributed by atoms with E-state index in [1.807, 2.05) is 49.6 Å². The number of thiazole rings is 1. The van der Waals surface area contributed by atoms with Gasteiger partial charge in [-0.05, 0) is 43.7 Å². The zero-order chi connectivity index (χ0) is 16.2. The van der Waals surface area contributed by atoms with E-state index in [4.69, 9.17) is 0 Å². The van der Waals surface area contributed by atoms with Gasteiger partial charge in [-0.1, -0.05) is 23.8 Å². The lowest BCUT2D eigenvalue weighted by atomic mass is 10.1. The van der Waals surface area contributed by atoms with Crippen LogP contribution in [0.15, 0.2) is 54.0 Å². The lowest BCUT2D eigenvalue weighted by molar-refractivity contribution is 0.102. The van der Waals surface area contributed by atoms with Crippen molar-refractivity contribution in [3.63, 3.8) is 0 Å². The van der Waals surface area contributed by atoms with E-state index in [0.717, 1.165) is 22.1 Å². The third-order valence-corrected chi connectivity index (χ3v) is 4.13. The number of aryl methyl sites for hydroxylation is 2. The van der Waals surface area contributed by atoms with Gasteiger partial charge in [-0.2, -0.15) is 0 Å². The molecule has 2 N–H and O–H groups in total. The number of rotatable bonds is 4. The Morgan fingerprint density at radius 2 is 2.00 bits per heavy atom. The molecule has 0 radical (unpaired) electrons. The van der Waals surface area contributed by atoms with E-state index in [1.54, 1.807) is 12.3 Å². The molecule has 3 rings (SSSR count). The van der Waals surface area contributed by atoms with Crippen molar-refractivity contribution in [3.8, 4) is 0 Å². The summed E-state index contributed by atoms with van der Waals surface area (Å²) in [5, 5.41) is 8.85. The number of nitrogens with zero attached hydrogens (tertiary/aromatic N) is 1. The standard InChI is InChI=1S/C18H17N3OS/c1-12-6-7-16(13(2)10-12)21-17(22)14-4-3-5-15(11-14)20-18-19-8-9-23-18/h3-11H,1-2H3,(H,19,20)(H,21,22). The average molecular weight is 323 g/mol. The topological polar surface area (TPSA) is 54.0 Å². The lowest BCUT2D eigenvalue weighted by Crippen LogP contribution is -2.13. The third-order valence-electron chi connectivity index (χ3n) is 3.44. The van der Waals surface area contributed by atoms with Gasteiger partial charge in [0, 0.05) is 28.5 Å². The molecule has 23 heavy (non-hydrogen) atoms. The zero-order valence-corrected chi connectivity index (χ0v) is 13.8. The van der Waals surface area contributed by atoms with Crippen LogP contribution in [0.2, 0.25) is 0 Å². The second kappa shape index (κ2) is 6.62. The van der Waals surface area contributed by atoms with Gasteiger partial charge in [0.2, 0.25) is 0 Å². The van der Waals surface area contributed by atoms with Crippen LogP contribution in [0, 0.1) is 13.8 Å². The van der Waals surface area contributed by atoms with Crippen LogP contribution < -0.4 is 10.6 Å². The van der Waals surface area contributed by atoms with Gasteiger partial charge in [0.1, 0.15) is 0 Å². The van der Waals surface area contributed by atoms with Crippen molar-refractivity contribution >= 4 is 33.8 Å². The maximum absolute atomic E-state index is 12.5. The quantitative estimate of drug-likeness (QED) is 0.728. The number of anilines is 3. The number of hydrogen-bond donors (Lipinski definition) is 2. The molecule has 0 fully saturated rings. The van der Waals surface area contributed by atoms with Crippen molar-refractivity contribution in [1.29, 1.82) is 0 Å². The van der Waals surface area contributed by atoms with Crippen LogP contribution >= 0.6 is 11.3 Å². The fourth-order valence-electron chi connectivity index (χ4n) is 2.30. The Kier molecular flexibility index (Phi) is 4.39. The highest BCUT2D eigenvalue weighted by Crippen LogP contribution is 2.21. The first-order valence-corrected chi connectivity index (χ1v) is 8.15. The maximum Gasteiger partial charge on any atom is 0.255 e. The van der Waals surface area contributed by atoms with E-state index >= 15 is 0 Å². The number of nitrogens with one attached hydrogen (secondary N) is 2. The number of carbonyl (C=O) groups is 1. The zero-order valence-electron chi connectivity index (χ0n) is 13.0. The van der Waals surface area contributed by atoms with Gasteiger partial charge in [-0.3, -0.25) is 4.79 Å². The highest BCUT2D eigenvalue weighted by molar-refractivity contribution is 7.13. The van der Waals surface area contributed by atoms with Crippen molar-refractivity contribution < 1.29 is 4.79 Å². The van der Waals surface area contributed by atoms with Crippen LogP contribution in [0.4, 0.5) is 16.5 Å². The minimum absolute atomic E-state index is 0.125. The smallest absolute Gasteiger partial charge is 0.255 e. The van der Waals surface area contributed by atoms with E-state index in [2.05, 4.69) is 21.7 Å². The monoisotopic (exact) mass is 323 g/mol. The second-order valence-corrected chi connectivity index (χ2v) is 6.21. The molecular weight excluding hydrogens is 306 g/mol. The molecule has 0 aliphatic heterocycles. The summed E-state index contributed by atoms with van der Waals surface area (Å²) in [5.74, 6) is -0.125. The van der Waals surface area contributed by atoms with Crippen LogP contribution in [0.25, 0.3) is 0 Å². The van der Waals surface area contributed by atoms with Crippen LogP contribution in [0.1, 0.15) is 21.5 Å². The first-order chi connectivity index (χ1) is 11.1. The Bertz CT molecular complexity index is 828. The van der Waals surface area contributed by atoms with Crippen LogP contribution in [-0.4, -0.2) is 10.9 Å². The van der Waals surface area contributed by atoms with E-state index < -0.39 is 0 Å². The van der Waals surface area contributed by atoms with Gasteiger partial charge in [-0.15, -0.1) is 11.3 Å². The molecule has 1 aromatic heterocycles. The Morgan fingerprint density at radius 3 is 2.74 bits per heavy atom. The molecule has 0 atom stereocenters. The van der Waals surface area contributed by atoms with Gasteiger partial charge in [-0.25, -0.2) is 4.98 Å². The molecule has 0 saturated carbocycles. The van der Waals surface area contributed by atoms with E-state index in [0.29, 0.717) is 5.56 Å². The summed E-state index contributed by atoms with van der Waals surface area (Å²) in [4.78, 5) is 16.6. The van der Waals surface area contributed by atoms with Crippen molar-refractivity contribution in [2.45, 2.75) is 13.8 Å². The third kappa shape index (κ3) is 3.76. The van der Waals surface area contributed by atoms with E-state index in [9.17, 15) is 4.79 Å². The van der Waals surface area contributed by atoms with Crippen LogP contribution in [-0.2, 0) is 0 Å². The Hall–Kier alpha value is -2.66. The molecule has 0 saturated heterocycles. The largest absolute Gasteiger partial charge is 0.332 e. The molecule has 5 heteroatoms. The van der Waals surface area contributed by atoms with Crippen molar-refractivity contribution in [2.24, 2.45) is 0 Å². The minimum Gasteiger partial charge on any atom is -0.332 e. The van der Waals surface area contributed by atoms with E-state index in [1.165, 1.54) is 16.9 Å². The van der Waals surface area contributed by atoms with Crippen LogP contribution in [0.5, 0.6) is 0 Å². The summed E-state index contributed by atoms with van der Waals surface area (Å²) in [7, 11) is 0. The Balaban J connectivity index is 1.77. The molecule has 116 valence electrons. The molecule has 4 nitrogen and oxygen atoms in total. The molecule has 3 aromatic rings. The predicted molar refractivity (Wildman–Crippen MR) is 95.7 cm³/mol. The second-order valence-electron chi connectivity index (χ2n) is 5.32. The van der Waals surface area contributed by atoms with Gasteiger partial charge in [0.05, 0.1) is 0 Å². The molecule has 2 aromatic carbocycles. The van der Waals surface area contributed by atoms with Gasteiger partial charge in [0.15, 0.2) is 5.13 Å². The van der Waals surface area contributed by atoms with Crippen molar-refractivity contribution in [2.75, 3.05) is 10.6 Å². The summed E-state index contributed by atoms with van der Waals surface area (Å²) in [6.45, 7) is 4.02. The van der Waals surface area contributed by atoms with Crippen molar-refractivity contribution in [3.05, 3.63) is 70.7 Å². The summed E-state index contributed by atoms with van der Waals surface area (Å²) in [6.07, 6.45) is 1.74. The Morgan fingerprint density at radius 1 is 1.13 bits per heavy atom. The number of carbonyl (C=O) groups excluding carboxylic acids is 1. The molecule has 1 amide bonds. The van der Waals surface area contributed by atoms with Gasteiger partial charge < -0.3 is 10.6 Å². The lowest BCUT2D eigenvalue weighted by Gasteiger charge is -2.10. The Labute approximate surface area is 139 Å². The van der Waals surface area contributed by atoms with Gasteiger partial charge in [0.25, 0.3) is 5.91 Å². The van der Waals surface area contributed by atoms with E-state index in [-0.39, 0.29) is 5.91 Å². The fraction of sp³-hybridized carbons (Fsp3) is 0.111. The summed E-state index contributed by atoms with van der Waals surface area (Å²) in [6, 6.07) is 13.4. The molecule has 0 spiro atoms. The number of hydrogen-bond acceptors (Lipinski definition) is 4. The van der Waals surface area contributed by atoms with Crippen molar-refractivity contribution in [1.82, 2.24) is 4.98 Å². The molecule has 0 unspecified atom stereocenters. The van der Waals surface area contributed by atoms with Gasteiger partial charge >= 0.3 is 0 Å². The normalized spacial score (nSPS) is 10.3. The summed E-state index contributed by atoms with van der Waals surface area (Å²) in [5.41, 5.74) is 4.50.